The van der Waals surface area contributed by atoms with Crippen LogP contribution >= 0.6 is 15.9 Å². The SMILES string of the molecule is CCCc1ccc(S(=O)(=O)N(C)CCBr)cc1. The molecular weight excluding hydrogens is 302 g/mol. The first-order chi connectivity index (χ1) is 8.02. The largest absolute Gasteiger partial charge is 0.242 e. The molecule has 0 fully saturated rings. The maximum absolute atomic E-state index is 12.1. The molecule has 0 aliphatic rings. The van der Waals surface area contributed by atoms with Crippen LogP contribution in [0.25, 0.3) is 0 Å². The molecule has 0 amide bonds. The normalized spacial score (nSPS) is 12.0. The van der Waals surface area contributed by atoms with Crippen LogP contribution in [-0.2, 0) is 16.4 Å². The van der Waals surface area contributed by atoms with Crippen molar-refractivity contribution in [3.05, 3.63) is 29.8 Å². The van der Waals surface area contributed by atoms with Crippen LogP contribution in [0.1, 0.15) is 18.9 Å². The second-order valence-corrected chi connectivity index (χ2v) is 6.75. The summed E-state index contributed by atoms with van der Waals surface area (Å²) in [6.45, 7) is 2.58. The second kappa shape index (κ2) is 6.52. The highest BCUT2D eigenvalue weighted by Crippen LogP contribution is 2.15. The summed E-state index contributed by atoms with van der Waals surface area (Å²) in [7, 11) is -1.74. The van der Waals surface area contributed by atoms with Crippen molar-refractivity contribution >= 4 is 26.0 Å². The Kier molecular flexibility index (Phi) is 5.62. The highest BCUT2D eigenvalue weighted by molar-refractivity contribution is 9.09. The molecule has 0 heterocycles. The molecule has 96 valence electrons. The molecule has 17 heavy (non-hydrogen) atoms. The molecule has 0 radical (unpaired) electrons. The fourth-order valence-corrected chi connectivity index (χ4v) is 3.47. The molecule has 0 bridgehead atoms. The Labute approximate surface area is 112 Å². The van der Waals surface area contributed by atoms with E-state index in [0.717, 1.165) is 12.8 Å². The number of halogens is 1. The highest BCUT2D eigenvalue weighted by atomic mass is 79.9. The van der Waals surface area contributed by atoms with E-state index < -0.39 is 10.0 Å². The topological polar surface area (TPSA) is 37.4 Å². The van der Waals surface area contributed by atoms with Crippen LogP contribution in [0.15, 0.2) is 29.2 Å². The number of alkyl halides is 1. The van der Waals surface area contributed by atoms with Crippen molar-refractivity contribution < 1.29 is 8.42 Å². The molecule has 0 unspecified atom stereocenters. The van der Waals surface area contributed by atoms with Crippen LogP contribution in [0.2, 0.25) is 0 Å². The molecule has 1 aromatic rings. The van der Waals surface area contributed by atoms with Gasteiger partial charge in [0, 0.05) is 18.9 Å². The van der Waals surface area contributed by atoms with Crippen molar-refractivity contribution in [2.75, 3.05) is 18.9 Å². The standard InChI is InChI=1S/C12H18BrNO2S/c1-3-4-11-5-7-12(8-6-11)17(15,16)14(2)10-9-13/h5-8H,3-4,9-10H2,1-2H3. The molecule has 0 aliphatic carbocycles. The monoisotopic (exact) mass is 319 g/mol. The van der Waals surface area contributed by atoms with E-state index in [2.05, 4.69) is 22.9 Å². The number of nitrogens with zero attached hydrogens (tertiary/aromatic N) is 1. The number of sulfonamides is 1. The van der Waals surface area contributed by atoms with Gasteiger partial charge in [-0.3, -0.25) is 0 Å². The minimum absolute atomic E-state index is 0.362. The molecule has 0 spiro atoms. The smallest absolute Gasteiger partial charge is 0.207 e. The van der Waals surface area contributed by atoms with Crippen LogP contribution in [0.5, 0.6) is 0 Å². The number of hydrogen-bond acceptors (Lipinski definition) is 2. The van der Waals surface area contributed by atoms with Crippen molar-refractivity contribution in [3.63, 3.8) is 0 Å². The van der Waals surface area contributed by atoms with Gasteiger partial charge < -0.3 is 0 Å². The Balaban J connectivity index is 2.92. The highest BCUT2D eigenvalue weighted by Gasteiger charge is 2.19. The lowest BCUT2D eigenvalue weighted by Crippen LogP contribution is -2.28. The lowest BCUT2D eigenvalue weighted by Gasteiger charge is -2.15. The predicted molar refractivity (Wildman–Crippen MR) is 74.0 cm³/mol. The van der Waals surface area contributed by atoms with Gasteiger partial charge in [0.1, 0.15) is 0 Å². The van der Waals surface area contributed by atoms with E-state index in [1.807, 2.05) is 12.1 Å². The molecule has 0 aliphatic heterocycles. The third-order valence-electron chi connectivity index (χ3n) is 2.57. The van der Waals surface area contributed by atoms with E-state index in [1.54, 1.807) is 19.2 Å². The van der Waals surface area contributed by atoms with Crippen molar-refractivity contribution in [1.82, 2.24) is 4.31 Å². The van der Waals surface area contributed by atoms with Crippen molar-refractivity contribution in [2.24, 2.45) is 0 Å². The number of aryl methyl sites for hydroxylation is 1. The Morgan fingerprint density at radius 1 is 1.24 bits per heavy atom. The van der Waals surface area contributed by atoms with Crippen LogP contribution in [0, 0.1) is 0 Å². The molecule has 0 saturated heterocycles. The van der Waals surface area contributed by atoms with E-state index in [1.165, 1.54) is 9.87 Å². The fraction of sp³-hybridized carbons (Fsp3) is 0.500. The number of rotatable bonds is 6. The first kappa shape index (κ1) is 14.7. The zero-order valence-electron chi connectivity index (χ0n) is 10.2. The molecule has 3 nitrogen and oxygen atoms in total. The predicted octanol–water partition coefficient (Wildman–Crippen LogP) is 2.65. The minimum atomic E-state index is -3.33. The summed E-state index contributed by atoms with van der Waals surface area (Å²) in [6.07, 6.45) is 2.05. The minimum Gasteiger partial charge on any atom is -0.207 e. The Hall–Kier alpha value is -0.390. The molecule has 1 aromatic carbocycles. The Bertz CT molecular complexity index is 442. The maximum atomic E-state index is 12.1. The molecule has 0 aromatic heterocycles. The quantitative estimate of drug-likeness (QED) is 0.756. The van der Waals surface area contributed by atoms with E-state index >= 15 is 0 Å². The average molecular weight is 320 g/mol. The van der Waals surface area contributed by atoms with Gasteiger partial charge in [-0.25, -0.2) is 12.7 Å². The third kappa shape index (κ3) is 3.79. The number of hydrogen-bond donors (Lipinski definition) is 0. The summed E-state index contributed by atoms with van der Waals surface area (Å²) in [5, 5.41) is 0.636. The molecule has 5 heteroatoms. The van der Waals surface area contributed by atoms with Gasteiger partial charge in [0.2, 0.25) is 10.0 Å². The summed E-state index contributed by atoms with van der Waals surface area (Å²) in [5.74, 6) is 0. The number of benzene rings is 1. The average Bonchev–Trinajstić information content (AvgIpc) is 2.30. The second-order valence-electron chi connectivity index (χ2n) is 3.91. The molecule has 0 atom stereocenters. The zero-order chi connectivity index (χ0) is 12.9. The van der Waals surface area contributed by atoms with Crippen LogP contribution in [-0.4, -0.2) is 31.6 Å². The van der Waals surface area contributed by atoms with E-state index in [9.17, 15) is 8.42 Å². The van der Waals surface area contributed by atoms with E-state index in [0.29, 0.717) is 16.8 Å². The first-order valence-electron chi connectivity index (χ1n) is 5.63. The van der Waals surface area contributed by atoms with Gasteiger partial charge in [0.05, 0.1) is 4.90 Å². The summed E-state index contributed by atoms with van der Waals surface area (Å²) < 4.78 is 25.6. The van der Waals surface area contributed by atoms with Crippen LogP contribution < -0.4 is 0 Å². The van der Waals surface area contributed by atoms with Gasteiger partial charge >= 0.3 is 0 Å². The molecule has 0 saturated carbocycles. The van der Waals surface area contributed by atoms with E-state index in [-0.39, 0.29) is 0 Å². The van der Waals surface area contributed by atoms with Gasteiger partial charge in [-0.05, 0) is 24.1 Å². The van der Waals surface area contributed by atoms with Crippen molar-refractivity contribution in [3.8, 4) is 0 Å². The molecule has 1 rings (SSSR count). The Morgan fingerprint density at radius 2 is 1.82 bits per heavy atom. The maximum Gasteiger partial charge on any atom is 0.242 e. The van der Waals surface area contributed by atoms with Crippen LogP contribution in [0.4, 0.5) is 0 Å². The van der Waals surface area contributed by atoms with Crippen molar-refractivity contribution in [2.45, 2.75) is 24.7 Å². The lowest BCUT2D eigenvalue weighted by atomic mass is 10.1. The molecular formula is C12H18BrNO2S. The summed E-state index contributed by atoms with van der Waals surface area (Å²) in [5.41, 5.74) is 1.18. The van der Waals surface area contributed by atoms with Gasteiger partial charge in [0.15, 0.2) is 0 Å². The van der Waals surface area contributed by atoms with Gasteiger partial charge in [-0.15, -0.1) is 0 Å². The van der Waals surface area contributed by atoms with Gasteiger partial charge in [-0.1, -0.05) is 41.4 Å². The van der Waals surface area contributed by atoms with Crippen LogP contribution in [0.3, 0.4) is 0 Å². The van der Waals surface area contributed by atoms with Crippen molar-refractivity contribution in [1.29, 1.82) is 0 Å². The van der Waals surface area contributed by atoms with E-state index in [4.69, 9.17) is 0 Å². The summed E-state index contributed by atoms with van der Waals surface area (Å²) in [4.78, 5) is 0.362. The Morgan fingerprint density at radius 3 is 2.29 bits per heavy atom. The first-order valence-corrected chi connectivity index (χ1v) is 8.19. The zero-order valence-corrected chi connectivity index (χ0v) is 12.6. The van der Waals surface area contributed by atoms with Gasteiger partial charge in [-0.2, -0.15) is 0 Å². The van der Waals surface area contributed by atoms with Gasteiger partial charge in [0.25, 0.3) is 0 Å². The third-order valence-corrected chi connectivity index (χ3v) is 4.80. The molecule has 0 N–H and O–H groups in total. The summed E-state index contributed by atoms with van der Waals surface area (Å²) in [6, 6.07) is 7.15. The fourth-order valence-electron chi connectivity index (χ4n) is 1.54. The summed E-state index contributed by atoms with van der Waals surface area (Å²) >= 11 is 3.24. The lowest BCUT2D eigenvalue weighted by molar-refractivity contribution is 0.489.